The van der Waals surface area contributed by atoms with Crippen LogP contribution in [-0.2, 0) is 0 Å². The zero-order chi connectivity index (χ0) is 37.0. The molecule has 260 valence electrons. The highest BCUT2D eigenvalue weighted by Gasteiger charge is 2.16. The second-order valence-corrected chi connectivity index (χ2v) is 14.6. The van der Waals surface area contributed by atoms with Gasteiger partial charge in [0.15, 0.2) is 5.82 Å². The maximum atomic E-state index is 5.25. The molecule has 1 heterocycles. The van der Waals surface area contributed by atoms with Crippen LogP contribution in [0.4, 0.5) is 0 Å². The van der Waals surface area contributed by atoms with Crippen molar-refractivity contribution in [1.29, 1.82) is 0 Å². The number of benzene rings is 10. The topological polar surface area (TPSA) is 25.8 Å². The lowest BCUT2D eigenvalue weighted by molar-refractivity contribution is 1.19. The van der Waals surface area contributed by atoms with Crippen LogP contribution in [-0.4, -0.2) is 9.97 Å². The summed E-state index contributed by atoms with van der Waals surface area (Å²) in [5.74, 6) is 0.707. The largest absolute Gasteiger partial charge is 0.228 e. The Morgan fingerprint density at radius 2 is 0.804 bits per heavy atom. The Morgan fingerprint density at radius 1 is 0.250 bits per heavy atom. The van der Waals surface area contributed by atoms with E-state index in [1.165, 1.54) is 65.2 Å². The van der Waals surface area contributed by atoms with Gasteiger partial charge in [-0.3, -0.25) is 0 Å². The van der Waals surface area contributed by atoms with Crippen molar-refractivity contribution < 1.29 is 0 Å². The van der Waals surface area contributed by atoms with E-state index in [0.717, 1.165) is 39.0 Å². The molecule has 11 aromatic rings. The van der Waals surface area contributed by atoms with Crippen LogP contribution in [0.3, 0.4) is 0 Å². The van der Waals surface area contributed by atoms with Crippen LogP contribution >= 0.6 is 0 Å². The first kappa shape index (κ1) is 32.0. The highest BCUT2D eigenvalue weighted by atomic mass is 14.9. The smallest absolute Gasteiger partial charge is 0.160 e. The molecule has 0 aliphatic carbocycles. The molecule has 2 nitrogen and oxygen atoms in total. The minimum Gasteiger partial charge on any atom is -0.228 e. The van der Waals surface area contributed by atoms with E-state index in [2.05, 4.69) is 188 Å². The molecule has 0 saturated carbocycles. The fraction of sp³-hybridized carbons (Fsp3) is 0. The number of fused-ring (bicyclic) bond motifs is 6. The fourth-order valence-corrected chi connectivity index (χ4v) is 8.46. The van der Waals surface area contributed by atoms with Gasteiger partial charge < -0.3 is 0 Å². The Hall–Kier alpha value is -7.42. The summed E-state index contributed by atoms with van der Waals surface area (Å²) in [6, 6.07) is 74.1. The number of rotatable bonds is 5. The first-order valence-electron chi connectivity index (χ1n) is 19.1. The van der Waals surface area contributed by atoms with E-state index in [0.29, 0.717) is 5.82 Å². The molecule has 56 heavy (non-hydrogen) atoms. The fourth-order valence-electron chi connectivity index (χ4n) is 8.46. The van der Waals surface area contributed by atoms with Crippen molar-refractivity contribution in [3.05, 3.63) is 206 Å². The lowest BCUT2D eigenvalue weighted by Gasteiger charge is -2.15. The minimum absolute atomic E-state index is 0.707. The van der Waals surface area contributed by atoms with Crippen molar-refractivity contribution in [1.82, 2.24) is 9.97 Å². The summed E-state index contributed by atoms with van der Waals surface area (Å²) in [5.41, 5.74) is 9.73. The quantitative estimate of drug-likeness (QED) is 0.131. The summed E-state index contributed by atoms with van der Waals surface area (Å²) >= 11 is 0. The third-order valence-electron chi connectivity index (χ3n) is 11.2. The molecule has 0 spiro atoms. The standard InChI is InChI=1S/C54H34N2/c1-3-13-35(14-4-1)44-31-40-18-8-11-21-46(40)50(33-44)52-34-51(55-54(56-52)37-16-5-2-6-17-37)42-25-23-39-30-43(26-24-38(39)29-42)53-47-22-12-9-19-41(47)32-49-45-20-10-7-15-36(45)27-28-48(49)53/h1-34H. The molecule has 0 saturated heterocycles. The van der Waals surface area contributed by atoms with Crippen LogP contribution in [0.2, 0.25) is 0 Å². The van der Waals surface area contributed by atoms with Crippen molar-refractivity contribution in [2.45, 2.75) is 0 Å². The van der Waals surface area contributed by atoms with Gasteiger partial charge in [0.25, 0.3) is 0 Å². The Labute approximate surface area is 325 Å². The maximum absolute atomic E-state index is 5.25. The molecule has 0 aliphatic rings. The molecular weight excluding hydrogens is 677 g/mol. The lowest BCUT2D eigenvalue weighted by Crippen LogP contribution is -1.97. The molecule has 0 fully saturated rings. The second-order valence-electron chi connectivity index (χ2n) is 14.6. The predicted molar refractivity (Wildman–Crippen MR) is 237 cm³/mol. The molecule has 0 amide bonds. The second kappa shape index (κ2) is 13.2. The number of hydrogen-bond acceptors (Lipinski definition) is 2. The number of nitrogens with zero attached hydrogens (tertiary/aromatic N) is 2. The average Bonchev–Trinajstić information content (AvgIpc) is 3.28. The van der Waals surface area contributed by atoms with Crippen molar-refractivity contribution in [2.75, 3.05) is 0 Å². The minimum atomic E-state index is 0.707. The summed E-state index contributed by atoms with van der Waals surface area (Å²) in [4.78, 5) is 10.5. The Bertz CT molecular complexity index is 3290. The number of aromatic nitrogens is 2. The number of hydrogen-bond donors (Lipinski definition) is 0. The van der Waals surface area contributed by atoms with Gasteiger partial charge in [-0.2, -0.15) is 0 Å². The van der Waals surface area contributed by atoms with E-state index in [-0.39, 0.29) is 0 Å². The SMILES string of the molecule is c1ccc(-c2cc(-c3cc(-c4ccc5cc(-c6c7ccccc7cc7c6ccc6ccccc67)ccc5c4)nc(-c4ccccc4)n3)c3ccccc3c2)cc1. The van der Waals surface area contributed by atoms with E-state index in [4.69, 9.17) is 9.97 Å². The molecule has 10 aromatic carbocycles. The van der Waals surface area contributed by atoms with E-state index in [1.807, 2.05) is 18.2 Å². The third-order valence-corrected chi connectivity index (χ3v) is 11.2. The van der Waals surface area contributed by atoms with Gasteiger partial charge in [-0.25, -0.2) is 9.97 Å². The van der Waals surface area contributed by atoms with Gasteiger partial charge in [-0.1, -0.05) is 170 Å². The van der Waals surface area contributed by atoms with Gasteiger partial charge >= 0.3 is 0 Å². The molecule has 0 unspecified atom stereocenters. The van der Waals surface area contributed by atoms with Gasteiger partial charge in [-0.05, 0) is 113 Å². The summed E-state index contributed by atoms with van der Waals surface area (Å²) in [6.07, 6.45) is 0. The molecule has 0 aliphatic heterocycles. The van der Waals surface area contributed by atoms with Gasteiger partial charge in [0.05, 0.1) is 11.4 Å². The van der Waals surface area contributed by atoms with E-state index >= 15 is 0 Å². The molecule has 2 heteroatoms. The van der Waals surface area contributed by atoms with Crippen molar-refractivity contribution >= 4 is 53.9 Å². The Morgan fingerprint density at radius 3 is 1.57 bits per heavy atom. The van der Waals surface area contributed by atoms with Crippen molar-refractivity contribution in [2.24, 2.45) is 0 Å². The van der Waals surface area contributed by atoms with Crippen LogP contribution in [0.5, 0.6) is 0 Å². The van der Waals surface area contributed by atoms with E-state index in [9.17, 15) is 0 Å². The molecule has 0 bridgehead atoms. The lowest BCUT2D eigenvalue weighted by atomic mass is 9.89. The van der Waals surface area contributed by atoms with Crippen LogP contribution in [0.1, 0.15) is 0 Å². The van der Waals surface area contributed by atoms with Crippen molar-refractivity contribution in [3.63, 3.8) is 0 Å². The highest BCUT2D eigenvalue weighted by molar-refractivity contribution is 6.20. The first-order chi connectivity index (χ1) is 27.7. The van der Waals surface area contributed by atoms with Gasteiger partial charge in [0, 0.05) is 16.7 Å². The van der Waals surface area contributed by atoms with Gasteiger partial charge in [0.2, 0.25) is 0 Å². The van der Waals surface area contributed by atoms with Crippen LogP contribution < -0.4 is 0 Å². The monoisotopic (exact) mass is 710 g/mol. The molecule has 1 aromatic heterocycles. The summed E-state index contributed by atoms with van der Waals surface area (Å²) in [7, 11) is 0. The van der Waals surface area contributed by atoms with Crippen LogP contribution in [0.15, 0.2) is 206 Å². The van der Waals surface area contributed by atoms with Gasteiger partial charge in [0.1, 0.15) is 0 Å². The van der Waals surface area contributed by atoms with Crippen LogP contribution in [0, 0.1) is 0 Å². The molecule has 0 radical (unpaired) electrons. The predicted octanol–water partition coefficient (Wildman–Crippen LogP) is 14.6. The molecular formula is C54H34N2. The Kier molecular flexibility index (Phi) is 7.53. The normalized spacial score (nSPS) is 11.6. The molecule has 0 atom stereocenters. The summed E-state index contributed by atoms with van der Waals surface area (Å²) in [6.45, 7) is 0. The summed E-state index contributed by atoms with van der Waals surface area (Å²) < 4.78 is 0. The van der Waals surface area contributed by atoms with Crippen LogP contribution in [0.25, 0.3) is 110 Å². The zero-order valence-electron chi connectivity index (χ0n) is 30.5. The molecule has 0 N–H and O–H groups in total. The molecule has 11 rings (SSSR count). The zero-order valence-corrected chi connectivity index (χ0v) is 30.5. The third kappa shape index (κ3) is 5.51. The average molecular weight is 711 g/mol. The summed E-state index contributed by atoms with van der Waals surface area (Å²) in [5, 5.41) is 12.3. The first-order valence-corrected chi connectivity index (χ1v) is 19.1. The Balaban J connectivity index is 1.08. The highest BCUT2D eigenvalue weighted by Crippen LogP contribution is 2.41. The maximum Gasteiger partial charge on any atom is 0.160 e. The van der Waals surface area contributed by atoms with E-state index < -0.39 is 0 Å². The van der Waals surface area contributed by atoms with Crippen molar-refractivity contribution in [3.8, 4) is 56.2 Å². The van der Waals surface area contributed by atoms with Gasteiger partial charge in [-0.15, -0.1) is 0 Å². The van der Waals surface area contributed by atoms with E-state index in [1.54, 1.807) is 0 Å².